The minimum atomic E-state index is -0.427. The molecule has 0 bridgehead atoms. The molecule has 0 spiro atoms. The third-order valence-corrected chi connectivity index (χ3v) is 4.69. The lowest BCUT2D eigenvalue weighted by molar-refractivity contribution is -0.0107. The van der Waals surface area contributed by atoms with Crippen molar-refractivity contribution in [1.29, 1.82) is 0 Å². The monoisotopic (exact) mass is 305 g/mol. The summed E-state index contributed by atoms with van der Waals surface area (Å²) >= 11 is 1.96. The summed E-state index contributed by atoms with van der Waals surface area (Å²) in [7, 11) is 0. The number of hydrogen-bond donors (Lipinski definition) is 2. The average Bonchev–Trinajstić information content (AvgIpc) is 2.44. The van der Waals surface area contributed by atoms with Gasteiger partial charge in [0.25, 0.3) is 0 Å². The fourth-order valence-electron chi connectivity index (χ4n) is 2.47. The Bertz CT molecular complexity index is 241. The maximum Gasteiger partial charge on any atom is 0.0897 e. The number of rotatable bonds is 10. The molecule has 1 saturated carbocycles. The van der Waals surface area contributed by atoms with Crippen LogP contribution in [0.25, 0.3) is 0 Å². The molecule has 4 nitrogen and oxygen atoms in total. The topological polar surface area (TPSA) is 50.7 Å². The number of ether oxygens (including phenoxy) is 2. The molecule has 0 aromatic rings. The van der Waals surface area contributed by atoms with Gasteiger partial charge in [0.1, 0.15) is 0 Å². The molecule has 0 radical (unpaired) electrons. The van der Waals surface area contributed by atoms with Crippen LogP contribution in [-0.4, -0.2) is 61.2 Å². The third kappa shape index (κ3) is 8.47. The number of nitrogens with one attached hydrogen (secondary N) is 1. The molecule has 1 fully saturated rings. The molecule has 0 aromatic heterocycles. The first-order valence-electron chi connectivity index (χ1n) is 7.75. The van der Waals surface area contributed by atoms with E-state index in [4.69, 9.17) is 9.47 Å². The van der Waals surface area contributed by atoms with Crippen LogP contribution in [0.5, 0.6) is 0 Å². The Morgan fingerprint density at radius 3 is 2.80 bits per heavy atom. The van der Waals surface area contributed by atoms with Crippen molar-refractivity contribution in [2.75, 3.05) is 32.6 Å². The van der Waals surface area contributed by atoms with Crippen LogP contribution in [0, 0.1) is 0 Å². The molecule has 1 rings (SSSR count). The molecule has 1 aliphatic rings. The third-order valence-electron chi connectivity index (χ3n) is 3.59. The summed E-state index contributed by atoms with van der Waals surface area (Å²) in [5.41, 5.74) is 0. The van der Waals surface area contributed by atoms with Crippen LogP contribution in [0.4, 0.5) is 0 Å². The highest BCUT2D eigenvalue weighted by molar-refractivity contribution is 7.99. The lowest BCUT2D eigenvalue weighted by Crippen LogP contribution is -2.40. The van der Waals surface area contributed by atoms with Gasteiger partial charge in [0.05, 0.1) is 32.0 Å². The fraction of sp³-hybridized carbons (Fsp3) is 1.00. The summed E-state index contributed by atoms with van der Waals surface area (Å²) in [4.78, 5) is 0. The molecule has 3 unspecified atom stereocenters. The van der Waals surface area contributed by atoms with Gasteiger partial charge in [0.15, 0.2) is 0 Å². The van der Waals surface area contributed by atoms with E-state index in [1.54, 1.807) is 0 Å². The van der Waals surface area contributed by atoms with Crippen molar-refractivity contribution in [3.63, 3.8) is 0 Å². The molecule has 1 aliphatic carbocycles. The molecule has 3 atom stereocenters. The zero-order valence-electron chi connectivity index (χ0n) is 13.1. The summed E-state index contributed by atoms with van der Waals surface area (Å²) in [5, 5.41) is 14.1. The number of thioether (sulfide) groups is 1. The molecule has 0 heterocycles. The van der Waals surface area contributed by atoms with Gasteiger partial charge >= 0.3 is 0 Å². The number of aliphatic hydroxyl groups excluding tert-OH is 1. The van der Waals surface area contributed by atoms with Crippen molar-refractivity contribution in [3.8, 4) is 0 Å². The van der Waals surface area contributed by atoms with E-state index in [1.807, 2.05) is 25.6 Å². The van der Waals surface area contributed by atoms with Gasteiger partial charge in [-0.3, -0.25) is 0 Å². The maximum absolute atomic E-state index is 9.88. The summed E-state index contributed by atoms with van der Waals surface area (Å²) in [5.74, 6) is 0. The van der Waals surface area contributed by atoms with E-state index < -0.39 is 6.10 Å². The second-order valence-corrected chi connectivity index (χ2v) is 6.92. The van der Waals surface area contributed by atoms with Gasteiger partial charge in [0, 0.05) is 17.8 Å². The van der Waals surface area contributed by atoms with E-state index in [0.29, 0.717) is 32.4 Å². The Balaban J connectivity index is 2.00. The van der Waals surface area contributed by atoms with Gasteiger partial charge in [-0.05, 0) is 39.4 Å². The highest BCUT2D eigenvalue weighted by Crippen LogP contribution is 2.26. The number of aliphatic hydroxyl groups is 1. The van der Waals surface area contributed by atoms with Crippen molar-refractivity contribution in [2.24, 2.45) is 0 Å². The Labute approximate surface area is 128 Å². The molecule has 20 heavy (non-hydrogen) atoms. The first-order chi connectivity index (χ1) is 9.61. The van der Waals surface area contributed by atoms with Crippen LogP contribution in [0.1, 0.15) is 39.5 Å². The molecular weight excluding hydrogens is 274 g/mol. The maximum atomic E-state index is 9.88. The largest absolute Gasteiger partial charge is 0.389 e. The Morgan fingerprint density at radius 1 is 1.30 bits per heavy atom. The second kappa shape index (κ2) is 10.9. The minimum absolute atomic E-state index is 0.237. The molecular formula is C15H31NO3S. The fourth-order valence-corrected chi connectivity index (χ4v) is 3.30. The quantitative estimate of drug-likeness (QED) is 0.605. The average molecular weight is 305 g/mol. The van der Waals surface area contributed by atoms with Crippen LogP contribution in [-0.2, 0) is 9.47 Å². The van der Waals surface area contributed by atoms with Crippen LogP contribution in [0.15, 0.2) is 0 Å². The van der Waals surface area contributed by atoms with E-state index in [2.05, 4.69) is 11.6 Å². The number of hydrogen-bond acceptors (Lipinski definition) is 5. The highest BCUT2D eigenvalue weighted by Gasteiger charge is 2.21. The summed E-state index contributed by atoms with van der Waals surface area (Å²) in [6.07, 6.45) is 7.08. The van der Waals surface area contributed by atoms with E-state index in [9.17, 15) is 5.11 Å². The summed E-state index contributed by atoms with van der Waals surface area (Å²) in [6, 6.07) is 0.556. The normalized spacial score (nSPS) is 25.1. The summed E-state index contributed by atoms with van der Waals surface area (Å²) in [6.45, 7) is 6.16. The highest BCUT2D eigenvalue weighted by atomic mass is 32.2. The first kappa shape index (κ1) is 18.2. The van der Waals surface area contributed by atoms with Crippen LogP contribution >= 0.6 is 11.8 Å². The van der Waals surface area contributed by atoms with E-state index >= 15 is 0 Å². The molecule has 0 aliphatic heterocycles. The van der Waals surface area contributed by atoms with Crippen molar-refractivity contribution in [2.45, 2.75) is 63.0 Å². The zero-order valence-corrected chi connectivity index (χ0v) is 14.0. The van der Waals surface area contributed by atoms with Crippen molar-refractivity contribution < 1.29 is 14.6 Å². The van der Waals surface area contributed by atoms with Crippen molar-refractivity contribution in [3.05, 3.63) is 0 Å². The lowest BCUT2D eigenvalue weighted by Gasteiger charge is -2.29. The smallest absolute Gasteiger partial charge is 0.0897 e. The first-order valence-corrected chi connectivity index (χ1v) is 9.04. The van der Waals surface area contributed by atoms with Crippen LogP contribution < -0.4 is 5.32 Å². The molecule has 0 saturated heterocycles. The summed E-state index contributed by atoms with van der Waals surface area (Å²) < 4.78 is 10.8. The van der Waals surface area contributed by atoms with Gasteiger partial charge in [-0.2, -0.15) is 11.8 Å². The molecule has 0 amide bonds. The molecule has 5 heteroatoms. The van der Waals surface area contributed by atoms with E-state index in [0.717, 1.165) is 5.25 Å². The Hall–Kier alpha value is 0.190. The van der Waals surface area contributed by atoms with Gasteiger partial charge in [-0.1, -0.05) is 6.42 Å². The lowest BCUT2D eigenvalue weighted by atomic mass is 9.95. The molecule has 120 valence electrons. The second-order valence-electron chi connectivity index (χ2n) is 5.78. The SMILES string of the molecule is CSC1CCCC(NCC(O)COCCOC(C)C)C1. The zero-order chi connectivity index (χ0) is 14.8. The predicted molar refractivity (Wildman–Crippen MR) is 85.5 cm³/mol. The van der Waals surface area contributed by atoms with Crippen LogP contribution in [0.3, 0.4) is 0 Å². The Kier molecular flexibility index (Phi) is 9.90. The van der Waals surface area contributed by atoms with E-state index in [1.165, 1.54) is 25.7 Å². The standard InChI is InChI=1S/C15H31NO3S/c1-12(2)19-8-7-18-11-14(17)10-16-13-5-4-6-15(9-13)20-3/h12-17H,4-11H2,1-3H3. The van der Waals surface area contributed by atoms with Gasteiger partial charge in [-0.25, -0.2) is 0 Å². The van der Waals surface area contributed by atoms with Crippen molar-refractivity contribution in [1.82, 2.24) is 5.32 Å². The predicted octanol–water partition coefficient (Wildman–Crippen LogP) is 2.05. The molecule has 2 N–H and O–H groups in total. The van der Waals surface area contributed by atoms with Gasteiger partial charge < -0.3 is 19.9 Å². The van der Waals surface area contributed by atoms with Gasteiger partial charge in [-0.15, -0.1) is 0 Å². The van der Waals surface area contributed by atoms with E-state index in [-0.39, 0.29) is 6.10 Å². The Morgan fingerprint density at radius 2 is 2.10 bits per heavy atom. The van der Waals surface area contributed by atoms with Crippen molar-refractivity contribution >= 4 is 11.8 Å². The minimum Gasteiger partial charge on any atom is -0.389 e. The van der Waals surface area contributed by atoms with Gasteiger partial charge in [0.2, 0.25) is 0 Å². The molecule has 0 aromatic carbocycles. The van der Waals surface area contributed by atoms with Crippen LogP contribution in [0.2, 0.25) is 0 Å².